The lowest BCUT2D eigenvalue weighted by molar-refractivity contribution is 0.168. The van der Waals surface area contributed by atoms with E-state index in [2.05, 4.69) is 44.4 Å². The van der Waals surface area contributed by atoms with Crippen LogP contribution in [0.5, 0.6) is 0 Å². The summed E-state index contributed by atoms with van der Waals surface area (Å²) in [5, 5.41) is 3.24. The van der Waals surface area contributed by atoms with Gasteiger partial charge in [0.2, 0.25) is 0 Å². The van der Waals surface area contributed by atoms with Crippen molar-refractivity contribution in [3.8, 4) is 0 Å². The van der Waals surface area contributed by atoms with Crippen molar-refractivity contribution >= 4 is 0 Å². The van der Waals surface area contributed by atoms with Crippen molar-refractivity contribution in [2.24, 2.45) is 5.92 Å². The monoisotopic (exact) mass is 229 g/mol. The van der Waals surface area contributed by atoms with Crippen molar-refractivity contribution < 1.29 is 4.74 Å². The number of allylic oxidation sites excluding steroid dienone is 2. The van der Waals surface area contributed by atoms with E-state index in [-0.39, 0.29) is 0 Å². The Labute approximate surface area is 103 Å². The fraction of sp³-hybridized carbons (Fsp3) is 0.333. The van der Waals surface area contributed by atoms with Gasteiger partial charge in [-0.2, -0.15) is 0 Å². The van der Waals surface area contributed by atoms with Crippen LogP contribution in [0, 0.1) is 5.92 Å². The Morgan fingerprint density at radius 2 is 1.88 bits per heavy atom. The van der Waals surface area contributed by atoms with Crippen LogP contribution in [-0.4, -0.2) is 0 Å². The summed E-state index contributed by atoms with van der Waals surface area (Å²) in [6.07, 6.45) is 2.05. The number of ether oxygens (including phenoxy) is 1. The molecule has 0 saturated heterocycles. The number of rotatable bonds is 3. The molecule has 2 nitrogen and oxygen atoms in total. The summed E-state index contributed by atoms with van der Waals surface area (Å²) in [7, 11) is 0. The summed E-state index contributed by atoms with van der Waals surface area (Å²) >= 11 is 0. The first-order valence-electron chi connectivity index (χ1n) is 5.99. The van der Waals surface area contributed by atoms with E-state index in [0.717, 1.165) is 11.5 Å². The largest absolute Gasteiger partial charge is 0.491 e. The van der Waals surface area contributed by atoms with E-state index >= 15 is 0 Å². The van der Waals surface area contributed by atoms with E-state index in [1.165, 1.54) is 11.1 Å². The lowest BCUT2D eigenvalue weighted by Crippen LogP contribution is -2.20. The van der Waals surface area contributed by atoms with Crippen molar-refractivity contribution in [3.63, 3.8) is 0 Å². The molecular formula is C15H19NO. The molecule has 0 spiro atoms. The van der Waals surface area contributed by atoms with Gasteiger partial charge < -0.3 is 10.1 Å². The van der Waals surface area contributed by atoms with Gasteiger partial charge in [-0.3, -0.25) is 0 Å². The zero-order chi connectivity index (χ0) is 12.3. The minimum Gasteiger partial charge on any atom is -0.491 e. The smallest absolute Gasteiger partial charge is 0.122 e. The average Bonchev–Trinajstić information content (AvgIpc) is 2.35. The number of benzene rings is 1. The Kier molecular flexibility index (Phi) is 3.52. The van der Waals surface area contributed by atoms with Crippen LogP contribution in [-0.2, 0) is 11.3 Å². The maximum absolute atomic E-state index is 5.94. The van der Waals surface area contributed by atoms with Gasteiger partial charge in [0.25, 0.3) is 0 Å². The van der Waals surface area contributed by atoms with Gasteiger partial charge in [-0.05, 0) is 25.0 Å². The highest BCUT2D eigenvalue weighted by atomic mass is 16.5. The van der Waals surface area contributed by atoms with Crippen molar-refractivity contribution in [2.45, 2.75) is 27.4 Å². The van der Waals surface area contributed by atoms with Crippen LogP contribution < -0.4 is 5.32 Å². The highest BCUT2D eigenvalue weighted by Gasteiger charge is 2.19. The Hall–Kier alpha value is -1.70. The quantitative estimate of drug-likeness (QED) is 0.855. The average molecular weight is 229 g/mol. The minimum atomic E-state index is 0.361. The minimum absolute atomic E-state index is 0.361. The SMILES string of the molecule is CC1=CNC(C)=C(OCc2ccccc2)C1C. The standard InChI is InChI=1S/C15H19NO/c1-11-9-16-13(3)15(12(11)2)17-10-14-7-5-4-6-8-14/h4-9,12,16H,10H2,1-3H3. The predicted octanol–water partition coefficient (Wildman–Crippen LogP) is 3.58. The van der Waals surface area contributed by atoms with Crippen molar-refractivity contribution in [2.75, 3.05) is 0 Å². The van der Waals surface area contributed by atoms with E-state index in [1.807, 2.05) is 18.2 Å². The van der Waals surface area contributed by atoms with Gasteiger partial charge in [-0.25, -0.2) is 0 Å². The van der Waals surface area contributed by atoms with Gasteiger partial charge in [0.05, 0.1) is 5.70 Å². The third-order valence-electron chi connectivity index (χ3n) is 3.20. The molecular weight excluding hydrogens is 210 g/mol. The van der Waals surface area contributed by atoms with Crippen LogP contribution in [0.1, 0.15) is 26.3 Å². The van der Waals surface area contributed by atoms with Gasteiger partial charge >= 0.3 is 0 Å². The molecule has 90 valence electrons. The van der Waals surface area contributed by atoms with Crippen LogP contribution in [0.4, 0.5) is 0 Å². The molecule has 1 aliphatic rings. The predicted molar refractivity (Wildman–Crippen MR) is 70.0 cm³/mol. The molecule has 0 radical (unpaired) electrons. The fourth-order valence-electron chi connectivity index (χ4n) is 1.92. The molecule has 1 N–H and O–H groups in total. The summed E-state index contributed by atoms with van der Waals surface area (Å²) < 4.78 is 5.94. The second-order valence-electron chi connectivity index (χ2n) is 4.52. The molecule has 1 aliphatic heterocycles. The molecule has 1 aromatic rings. The third-order valence-corrected chi connectivity index (χ3v) is 3.20. The fourth-order valence-corrected chi connectivity index (χ4v) is 1.92. The van der Waals surface area contributed by atoms with Gasteiger partial charge in [-0.15, -0.1) is 0 Å². The third kappa shape index (κ3) is 2.70. The Bertz CT molecular complexity index is 445. The first-order chi connectivity index (χ1) is 8.18. The topological polar surface area (TPSA) is 21.3 Å². The molecule has 0 aromatic heterocycles. The first kappa shape index (κ1) is 11.8. The van der Waals surface area contributed by atoms with E-state index < -0.39 is 0 Å². The lowest BCUT2D eigenvalue weighted by atomic mass is 9.97. The molecule has 2 rings (SSSR count). The van der Waals surface area contributed by atoms with Crippen LogP contribution >= 0.6 is 0 Å². The summed E-state index contributed by atoms with van der Waals surface area (Å²) in [6.45, 7) is 6.99. The molecule has 0 bridgehead atoms. The molecule has 1 heterocycles. The lowest BCUT2D eigenvalue weighted by Gasteiger charge is -2.25. The molecule has 2 heteroatoms. The van der Waals surface area contributed by atoms with Crippen LogP contribution in [0.2, 0.25) is 0 Å². The molecule has 17 heavy (non-hydrogen) atoms. The van der Waals surface area contributed by atoms with E-state index in [1.54, 1.807) is 0 Å². The van der Waals surface area contributed by atoms with E-state index in [4.69, 9.17) is 4.74 Å². The van der Waals surface area contributed by atoms with Crippen LogP contribution in [0.3, 0.4) is 0 Å². The van der Waals surface area contributed by atoms with Gasteiger partial charge in [0, 0.05) is 12.1 Å². The molecule has 0 aliphatic carbocycles. The Balaban J connectivity index is 2.04. The number of dihydropyridines is 1. The van der Waals surface area contributed by atoms with Crippen LogP contribution in [0.15, 0.2) is 53.6 Å². The normalized spacial score (nSPS) is 19.7. The van der Waals surface area contributed by atoms with Gasteiger partial charge in [0.1, 0.15) is 12.4 Å². The second-order valence-corrected chi connectivity index (χ2v) is 4.52. The molecule has 1 unspecified atom stereocenters. The van der Waals surface area contributed by atoms with Crippen LogP contribution in [0.25, 0.3) is 0 Å². The van der Waals surface area contributed by atoms with Crippen molar-refractivity contribution in [1.29, 1.82) is 0 Å². The zero-order valence-electron chi connectivity index (χ0n) is 10.7. The summed E-state index contributed by atoms with van der Waals surface area (Å²) in [5.74, 6) is 1.41. The highest BCUT2D eigenvalue weighted by Crippen LogP contribution is 2.26. The summed E-state index contributed by atoms with van der Waals surface area (Å²) in [6, 6.07) is 10.3. The van der Waals surface area contributed by atoms with E-state index in [9.17, 15) is 0 Å². The number of hydrogen-bond donors (Lipinski definition) is 1. The van der Waals surface area contributed by atoms with E-state index in [0.29, 0.717) is 12.5 Å². The van der Waals surface area contributed by atoms with Crippen molar-refractivity contribution in [1.82, 2.24) is 5.32 Å². The molecule has 0 fully saturated rings. The number of hydrogen-bond acceptors (Lipinski definition) is 2. The van der Waals surface area contributed by atoms with Crippen molar-refractivity contribution in [3.05, 3.63) is 59.1 Å². The summed E-state index contributed by atoms with van der Waals surface area (Å²) in [4.78, 5) is 0. The number of nitrogens with one attached hydrogen (secondary N) is 1. The molecule has 0 saturated carbocycles. The second kappa shape index (κ2) is 5.09. The summed E-state index contributed by atoms with van der Waals surface area (Å²) in [5.41, 5.74) is 3.62. The first-order valence-corrected chi connectivity index (χ1v) is 5.99. The molecule has 0 amide bonds. The van der Waals surface area contributed by atoms with Gasteiger partial charge in [0.15, 0.2) is 0 Å². The zero-order valence-corrected chi connectivity index (χ0v) is 10.7. The maximum Gasteiger partial charge on any atom is 0.122 e. The molecule has 1 atom stereocenters. The molecule has 1 aromatic carbocycles. The highest BCUT2D eigenvalue weighted by molar-refractivity contribution is 5.25. The maximum atomic E-state index is 5.94. The Morgan fingerprint density at radius 1 is 1.18 bits per heavy atom. The Morgan fingerprint density at radius 3 is 2.59 bits per heavy atom. The van der Waals surface area contributed by atoms with Gasteiger partial charge in [-0.1, -0.05) is 37.3 Å².